The van der Waals surface area contributed by atoms with Gasteiger partial charge in [0.25, 0.3) is 5.88 Å². The summed E-state index contributed by atoms with van der Waals surface area (Å²) >= 11 is 6.79. The fourth-order valence-corrected chi connectivity index (χ4v) is 2.08. The molecule has 0 N–H and O–H groups in total. The van der Waals surface area contributed by atoms with Gasteiger partial charge in [-0.25, -0.2) is 0 Å². The summed E-state index contributed by atoms with van der Waals surface area (Å²) in [6, 6.07) is 5.62. The van der Waals surface area contributed by atoms with E-state index in [0.29, 0.717) is 12.5 Å². The number of benzene rings is 1. The molecule has 0 saturated heterocycles. The van der Waals surface area contributed by atoms with Gasteiger partial charge >= 0.3 is 0 Å². The molecule has 2 heterocycles. The molecule has 3 rings (SSSR count). The van der Waals surface area contributed by atoms with Crippen LogP contribution in [0.15, 0.2) is 18.2 Å². The maximum Gasteiger partial charge on any atom is 0.265 e. The first-order chi connectivity index (χ1) is 8.33. The molecule has 1 aliphatic rings. The van der Waals surface area contributed by atoms with E-state index < -0.39 is 0 Å². The third kappa shape index (κ3) is 2.13. The first-order valence-electron chi connectivity index (χ1n) is 4.82. The summed E-state index contributed by atoms with van der Waals surface area (Å²) in [6.07, 6.45) is 0. The third-order valence-corrected chi connectivity index (χ3v) is 3.09. The molecule has 5 nitrogen and oxygen atoms in total. The predicted molar refractivity (Wildman–Crippen MR) is 61.8 cm³/mol. The van der Waals surface area contributed by atoms with Crippen LogP contribution >= 0.6 is 23.3 Å². The van der Waals surface area contributed by atoms with E-state index in [1.54, 1.807) is 0 Å². The SMILES string of the molecule is Clc1nsnc1OCc1ccc2c(c1)OCO2. The molecule has 1 aliphatic heterocycles. The van der Waals surface area contributed by atoms with Crippen LogP contribution in [0, 0.1) is 0 Å². The van der Waals surface area contributed by atoms with Crippen LogP contribution in [0.1, 0.15) is 5.56 Å². The van der Waals surface area contributed by atoms with Gasteiger partial charge in [0, 0.05) is 0 Å². The molecule has 0 unspecified atom stereocenters. The summed E-state index contributed by atoms with van der Waals surface area (Å²) in [5, 5.41) is 0.288. The molecule has 2 aromatic rings. The Morgan fingerprint density at radius 1 is 1.29 bits per heavy atom. The van der Waals surface area contributed by atoms with Gasteiger partial charge in [-0.05, 0) is 17.7 Å². The second-order valence-corrected chi connectivity index (χ2v) is 4.22. The molecule has 0 bridgehead atoms. The largest absolute Gasteiger partial charge is 0.470 e. The van der Waals surface area contributed by atoms with Gasteiger partial charge in [0.15, 0.2) is 11.5 Å². The van der Waals surface area contributed by atoms with E-state index in [2.05, 4.69) is 8.75 Å². The van der Waals surface area contributed by atoms with E-state index in [9.17, 15) is 0 Å². The molecule has 1 aromatic carbocycles. The lowest BCUT2D eigenvalue weighted by Crippen LogP contribution is -1.96. The number of nitrogens with zero attached hydrogens (tertiary/aromatic N) is 2. The lowest BCUT2D eigenvalue weighted by Gasteiger charge is -2.04. The highest BCUT2D eigenvalue weighted by molar-refractivity contribution is 6.99. The van der Waals surface area contributed by atoms with Gasteiger partial charge in [-0.1, -0.05) is 17.7 Å². The zero-order valence-corrected chi connectivity index (χ0v) is 10.1. The number of halogens is 1. The van der Waals surface area contributed by atoms with Gasteiger partial charge in [0.1, 0.15) is 6.61 Å². The van der Waals surface area contributed by atoms with Gasteiger partial charge in [0.05, 0.1) is 11.7 Å². The second-order valence-electron chi connectivity index (χ2n) is 3.34. The Kier molecular flexibility index (Phi) is 2.74. The topological polar surface area (TPSA) is 53.5 Å². The highest BCUT2D eigenvalue weighted by Crippen LogP contribution is 2.33. The molecule has 0 fully saturated rings. The average molecular weight is 271 g/mol. The van der Waals surface area contributed by atoms with Crippen molar-refractivity contribution in [1.29, 1.82) is 0 Å². The Bertz CT molecular complexity index is 546. The zero-order valence-electron chi connectivity index (χ0n) is 8.55. The molecular weight excluding hydrogens is 264 g/mol. The minimum absolute atomic E-state index is 0.265. The van der Waals surface area contributed by atoms with E-state index in [1.165, 1.54) is 0 Å². The lowest BCUT2D eigenvalue weighted by atomic mass is 10.2. The van der Waals surface area contributed by atoms with Crippen molar-refractivity contribution in [2.75, 3.05) is 6.79 Å². The Balaban J connectivity index is 1.72. The van der Waals surface area contributed by atoms with Gasteiger partial charge in [-0.15, -0.1) is 4.37 Å². The minimum atomic E-state index is 0.265. The van der Waals surface area contributed by atoms with Crippen molar-refractivity contribution in [3.05, 3.63) is 28.9 Å². The lowest BCUT2D eigenvalue weighted by molar-refractivity contribution is 0.174. The Morgan fingerprint density at radius 3 is 3.00 bits per heavy atom. The quantitative estimate of drug-likeness (QED) is 0.858. The first kappa shape index (κ1) is 10.6. The van der Waals surface area contributed by atoms with Crippen molar-refractivity contribution in [2.45, 2.75) is 6.61 Å². The van der Waals surface area contributed by atoms with E-state index in [1.807, 2.05) is 18.2 Å². The molecule has 0 aliphatic carbocycles. The fraction of sp³-hybridized carbons (Fsp3) is 0.200. The molecule has 0 saturated carbocycles. The summed E-state index contributed by atoms with van der Waals surface area (Å²) in [6.45, 7) is 0.628. The molecule has 7 heteroatoms. The number of hydrogen-bond donors (Lipinski definition) is 0. The summed E-state index contributed by atoms with van der Waals surface area (Å²) in [7, 11) is 0. The summed E-state index contributed by atoms with van der Waals surface area (Å²) in [4.78, 5) is 0. The summed E-state index contributed by atoms with van der Waals surface area (Å²) in [5.74, 6) is 1.84. The third-order valence-electron chi connectivity index (χ3n) is 2.23. The monoisotopic (exact) mass is 270 g/mol. The highest BCUT2D eigenvalue weighted by Gasteiger charge is 2.14. The van der Waals surface area contributed by atoms with Gasteiger partial charge in [-0.2, -0.15) is 4.37 Å². The maximum absolute atomic E-state index is 5.77. The van der Waals surface area contributed by atoms with E-state index in [0.717, 1.165) is 28.8 Å². The van der Waals surface area contributed by atoms with E-state index >= 15 is 0 Å². The second kappa shape index (κ2) is 4.38. The smallest absolute Gasteiger partial charge is 0.265 e. The number of hydrogen-bond acceptors (Lipinski definition) is 6. The molecule has 0 radical (unpaired) electrons. The van der Waals surface area contributed by atoms with Crippen LogP contribution in [-0.4, -0.2) is 15.5 Å². The summed E-state index contributed by atoms with van der Waals surface area (Å²) in [5.41, 5.74) is 0.957. The highest BCUT2D eigenvalue weighted by atomic mass is 35.5. The first-order valence-corrected chi connectivity index (χ1v) is 5.93. The van der Waals surface area contributed by atoms with E-state index in [4.69, 9.17) is 25.8 Å². The molecule has 17 heavy (non-hydrogen) atoms. The van der Waals surface area contributed by atoms with E-state index in [-0.39, 0.29) is 11.9 Å². The number of fused-ring (bicyclic) bond motifs is 1. The van der Waals surface area contributed by atoms with Crippen molar-refractivity contribution in [3.8, 4) is 17.4 Å². The number of ether oxygens (including phenoxy) is 3. The van der Waals surface area contributed by atoms with Crippen molar-refractivity contribution >= 4 is 23.3 Å². The van der Waals surface area contributed by atoms with Crippen LogP contribution in [0.4, 0.5) is 0 Å². The van der Waals surface area contributed by atoms with Crippen LogP contribution in [-0.2, 0) is 6.61 Å². The molecule has 0 amide bonds. The zero-order chi connectivity index (χ0) is 11.7. The Labute approximate surface area is 106 Å². The van der Waals surface area contributed by atoms with Gasteiger partial charge in [-0.3, -0.25) is 0 Å². The minimum Gasteiger partial charge on any atom is -0.470 e. The Hall–Kier alpha value is -1.53. The normalized spacial score (nSPS) is 12.8. The molecule has 0 spiro atoms. The van der Waals surface area contributed by atoms with Crippen LogP contribution in [0.3, 0.4) is 0 Å². The predicted octanol–water partition coefficient (Wildman–Crippen LogP) is 2.50. The molecular formula is C10H7ClN2O3S. The van der Waals surface area contributed by atoms with Gasteiger partial charge in [0.2, 0.25) is 11.9 Å². The molecule has 0 atom stereocenters. The Morgan fingerprint density at radius 2 is 2.18 bits per heavy atom. The van der Waals surface area contributed by atoms with Crippen molar-refractivity contribution in [1.82, 2.24) is 8.75 Å². The average Bonchev–Trinajstić information content (AvgIpc) is 2.94. The van der Waals surface area contributed by atoms with Crippen LogP contribution in [0.5, 0.6) is 17.4 Å². The van der Waals surface area contributed by atoms with Crippen LogP contribution < -0.4 is 14.2 Å². The van der Waals surface area contributed by atoms with Crippen LogP contribution in [0.25, 0.3) is 0 Å². The number of rotatable bonds is 3. The molecule has 88 valence electrons. The van der Waals surface area contributed by atoms with Crippen molar-refractivity contribution in [2.24, 2.45) is 0 Å². The molecule has 1 aromatic heterocycles. The van der Waals surface area contributed by atoms with Crippen LogP contribution in [0.2, 0.25) is 5.15 Å². The van der Waals surface area contributed by atoms with Gasteiger partial charge < -0.3 is 14.2 Å². The van der Waals surface area contributed by atoms with Crippen molar-refractivity contribution in [3.63, 3.8) is 0 Å². The summed E-state index contributed by atoms with van der Waals surface area (Å²) < 4.78 is 23.7. The fourth-order valence-electron chi connectivity index (χ4n) is 1.44. The maximum atomic E-state index is 5.77. The van der Waals surface area contributed by atoms with Crippen molar-refractivity contribution < 1.29 is 14.2 Å². The standard InChI is InChI=1S/C10H7ClN2O3S/c11-9-10(13-17-12-9)14-4-6-1-2-7-8(3-6)16-5-15-7/h1-3H,4-5H2. The number of aromatic nitrogens is 2.